The van der Waals surface area contributed by atoms with Gasteiger partial charge in [-0.15, -0.1) is 0 Å². The maximum Gasteiger partial charge on any atom is 0.0584 e. The Kier molecular flexibility index (Phi) is 4.16. The van der Waals surface area contributed by atoms with Crippen LogP contribution in [0.15, 0.2) is 0 Å². The molecule has 0 saturated carbocycles. The number of rotatable bonds is 3. The second-order valence-corrected chi connectivity index (χ2v) is 4.19. The molecule has 0 aromatic carbocycles. The molecule has 1 fully saturated rings. The van der Waals surface area contributed by atoms with Crippen molar-refractivity contribution in [2.75, 3.05) is 26.7 Å². The summed E-state index contributed by atoms with van der Waals surface area (Å²) < 4.78 is 0. The highest BCUT2D eigenvalue weighted by molar-refractivity contribution is 4.83. The molecule has 78 valence electrons. The summed E-state index contributed by atoms with van der Waals surface area (Å²) in [6.07, 6.45) is 1.20. The van der Waals surface area contributed by atoms with Gasteiger partial charge in [0.1, 0.15) is 0 Å². The second-order valence-electron chi connectivity index (χ2n) is 4.19. The molecule has 3 nitrogen and oxygen atoms in total. The summed E-state index contributed by atoms with van der Waals surface area (Å²) in [5.74, 6) is 0.688. The third-order valence-electron chi connectivity index (χ3n) is 3.20. The van der Waals surface area contributed by atoms with E-state index in [9.17, 15) is 0 Å². The summed E-state index contributed by atoms with van der Waals surface area (Å²) in [5, 5.41) is 12.4. The van der Waals surface area contributed by atoms with Gasteiger partial charge in [-0.05, 0) is 26.3 Å². The Morgan fingerprint density at radius 3 is 2.77 bits per heavy atom. The van der Waals surface area contributed by atoms with Crippen LogP contribution in [0.25, 0.3) is 0 Å². The van der Waals surface area contributed by atoms with E-state index in [1.807, 2.05) is 7.05 Å². The van der Waals surface area contributed by atoms with Crippen molar-refractivity contribution >= 4 is 0 Å². The summed E-state index contributed by atoms with van der Waals surface area (Å²) in [7, 11) is 2.03. The monoisotopic (exact) mass is 186 g/mol. The van der Waals surface area contributed by atoms with E-state index in [0.717, 1.165) is 13.1 Å². The third kappa shape index (κ3) is 2.66. The Balaban J connectivity index is 2.40. The smallest absolute Gasteiger partial charge is 0.0584 e. The maximum atomic E-state index is 9.04. The molecule has 0 bridgehead atoms. The molecule has 0 aromatic rings. The van der Waals surface area contributed by atoms with Crippen LogP contribution in [-0.4, -0.2) is 48.8 Å². The molecule has 13 heavy (non-hydrogen) atoms. The van der Waals surface area contributed by atoms with Gasteiger partial charge in [0.15, 0.2) is 0 Å². The lowest BCUT2D eigenvalue weighted by molar-refractivity contribution is 0.0788. The van der Waals surface area contributed by atoms with Crippen LogP contribution in [0, 0.1) is 5.92 Å². The number of nitrogens with zero attached hydrogens (tertiary/aromatic N) is 1. The summed E-state index contributed by atoms with van der Waals surface area (Å²) in [4.78, 5) is 2.37. The summed E-state index contributed by atoms with van der Waals surface area (Å²) in [6.45, 7) is 6.85. The first-order valence-electron chi connectivity index (χ1n) is 5.21. The zero-order chi connectivity index (χ0) is 9.84. The first-order valence-corrected chi connectivity index (χ1v) is 5.21. The average Bonchev–Trinajstić information content (AvgIpc) is 2.16. The molecular weight excluding hydrogens is 164 g/mol. The standard InChI is InChI=1S/C10H22N2O/c1-8-6-12(9(2)7-13)5-4-10(8)11-3/h8-11,13H,4-7H2,1-3H3. The fraction of sp³-hybridized carbons (Fsp3) is 1.00. The number of piperidine rings is 1. The SMILES string of the molecule is CNC1CCN(C(C)CO)CC1C. The Morgan fingerprint density at radius 2 is 2.31 bits per heavy atom. The largest absolute Gasteiger partial charge is 0.395 e. The van der Waals surface area contributed by atoms with Gasteiger partial charge in [-0.25, -0.2) is 0 Å². The molecule has 1 heterocycles. The van der Waals surface area contributed by atoms with Crippen molar-refractivity contribution in [3.8, 4) is 0 Å². The molecule has 3 unspecified atom stereocenters. The Labute approximate surface area is 81.1 Å². The van der Waals surface area contributed by atoms with E-state index in [2.05, 4.69) is 24.1 Å². The summed E-state index contributed by atoms with van der Waals surface area (Å²) >= 11 is 0. The van der Waals surface area contributed by atoms with Crippen LogP contribution in [-0.2, 0) is 0 Å². The molecule has 0 aliphatic carbocycles. The van der Waals surface area contributed by atoms with E-state index in [-0.39, 0.29) is 6.61 Å². The minimum atomic E-state index is 0.275. The third-order valence-corrected chi connectivity index (χ3v) is 3.20. The molecule has 1 aliphatic heterocycles. The molecule has 0 aromatic heterocycles. The van der Waals surface area contributed by atoms with Crippen LogP contribution >= 0.6 is 0 Å². The molecule has 3 heteroatoms. The summed E-state index contributed by atoms with van der Waals surface area (Å²) in [6, 6.07) is 0.974. The van der Waals surface area contributed by atoms with E-state index < -0.39 is 0 Å². The number of hydrogen-bond donors (Lipinski definition) is 2. The van der Waals surface area contributed by atoms with Crippen molar-refractivity contribution in [3.63, 3.8) is 0 Å². The molecule has 1 rings (SSSR count). The summed E-state index contributed by atoms with van der Waals surface area (Å²) in [5.41, 5.74) is 0. The van der Waals surface area contributed by atoms with E-state index >= 15 is 0 Å². The Bertz CT molecular complexity index is 152. The number of likely N-dealkylation sites (tertiary alicyclic amines) is 1. The zero-order valence-corrected chi connectivity index (χ0v) is 8.95. The van der Waals surface area contributed by atoms with Crippen LogP contribution in [0.5, 0.6) is 0 Å². The number of aliphatic hydroxyl groups excluding tert-OH is 1. The van der Waals surface area contributed by atoms with Gasteiger partial charge in [0.2, 0.25) is 0 Å². The lowest BCUT2D eigenvalue weighted by Gasteiger charge is -2.39. The zero-order valence-electron chi connectivity index (χ0n) is 8.95. The minimum Gasteiger partial charge on any atom is -0.395 e. The van der Waals surface area contributed by atoms with E-state index in [4.69, 9.17) is 5.11 Å². The first-order chi connectivity index (χ1) is 6.19. The predicted molar refractivity (Wildman–Crippen MR) is 54.7 cm³/mol. The Morgan fingerprint density at radius 1 is 1.62 bits per heavy atom. The van der Waals surface area contributed by atoms with Gasteiger partial charge in [-0.1, -0.05) is 6.92 Å². The highest BCUT2D eigenvalue weighted by atomic mass is 16.3. The highest BCUT2D eigenvalue weighted by Crippen LogP contribution is 2.18. The molecular formula is C10H22N2O. The predicted octanol–water partition coefficient (Wildman–Crippen LogP) is 0.297. The highest BCUT2D eigenvalue weighted by Gasteiger charge is 2.26. The molecule has 0 radical (unpaired) electrons. The van der Waals surface area contributed by atoms with Gasteiger partial charge in [0, 0.05) is 25.2 Å². The van der Waals surface area contributed by atoms with Gasteiger partial charge in [-0.2, -0.15) is 0 Å². The molecule has 0 amide bonds. The van der Waals surface area contributed by atoms with Crippen LogP contribution in [0.4, 0.5) is 0 Å². The maximum absolute atomic E-state index is 9.04. The number of aliphatic hydroxyl groups is 1. The topological polar surface area (TPSA) is 35.5 Å². The van der Waals surface area contributed by atoms with Crippen molar-refractivity contribution in [2.24, 2.45) is 5.92 Å². The van der Waals surface area contributed by atoms with E-state index in [0.29, 0.717) is 18.0 Å². The van der Waals surface area contributed by atoms with Crippen LogP contribution in [0.3, 0.4) is 0 Å². The number of hydrogen-bond acceptors (Lipinski definition) is 3. The van der Waals surface area contributed by atoms with E-state index in [1.54, 1.807) is 0 Å². The average molecular weight is 186 g/mol. The van der Waals surface area contributed by atoms with Gasteiger partial charge >= 0.3 is 0 Å². The molecule has 0 spiro atoms. The van der Waals surface area contributed by atoms with Crippen molar-refractivity contribution in [2.45, 2.75) is 32.4 Å². The second kappa shape index (κ2) is 4.94. The van der Waals surface area contributed by atoms with Gasteiger partial charge in [-0.3, -0.25) is 4.90 Å². The van der Waals surface area contributed by atoms with Gasteiger partial charge < -0.3 is 10.4 Å². The molecule has 1 aliphatic rings. The van der Waals surface area contributed by atoms with E-state index in [1.165, 1.54) is 6.42 Å². The fourth-order valence-corrected chi connectivity index (χ4v) is 2.12. The van der Waals surface area contributed by atoms with Crippen molar-refractivity contribution in [3.05, 3.63) is 0 Å². The lowest BCUT2D eigenvalue weighted by Crippen LogP contribution is -2.50. The molecule has 1 saturated heterocycles. The van der Waals surface area contributed by atoms with Crippen molar-refractivity contribution < 1.29 is 5.11 Å². The number of nitrogens with one attached hydrogen (secondary N) is 1. The normalized spacial score (nSPS) is 33.2. The lowest BCUT2D eigenvalue weighted by atomic mass is 9.93. The van der Waals surface area contributed by atoms with Crippen LogP contribution in [0.1, 0.15) is 20.3 Å². The first kappa shape index (κ1) is 11.0. The Hall–Kier alpha value is -0.120. The van der Waals surface area contributed by atoms with Gasteiger partial charge in [0.05, 0.1) is 6.61 Å². The quantitative estimate of drug-likeness (QED) is 0.665. The molecule has 2 N–H and O–H groups in total. The van der Waals surface area contributed by atoms with Crippen molar-refractivity contribution in [1.82, 2.24) is 10.2 Å². The molecule has 3 atom stereocenters. The van der Waals surface area contributed by atoms with Crippen LogP contribution < -0.4 is 5.32 Å². The fourth-order valence-electron chi connectivity index (χ4n) is 2.12. The van der Waals surface area contributed by atoms with Gasteiger partial charge in [0.25, 0.3) is 0 Å². The van der Waals surface area contributed by atoms with Crippen molar-refractivity contribution in [1.29, 1.82) is 0 Å². The minimum absolute atomic E-state index is 0.275. The van der Waals surface area contributed by atoms with Crippen LogP contribution in [0.2, 0.25) is 0 Å².